The Labute approximate surface area is 141 Å². The van der Waals surface area contributed by atoms with E-state index in [2.05, 4.69) is 5.32 Å². The van der Waals surface area contributed by atoms with Crippen molar-refractivity contribution in [3.63, 3.8) is 0 Å². The highest BCUT2D eigenvalue weighted by atomic mass is 35.5. The maximum absolute atomic E-state index is 11.9. The normalized spacial score (nSPS) is 14.7. The zero-order chi connectivity index (χ0) is 15.9. The number of morpholine rings is 1. The Morgan fingerprint density at radius 2 is 2.04 bits per heavy atom. The number of halogens is 1. The average molecular weight is 345 g/mol. The summed E-state index contributed by atoms with van der Waals surface area (Å²) in [7, 11) is 0. The number of phenols is 1. The first-order valence-electron chi connectivity index (χ1n) is 7.20. The number of benzene rings is 1. The molecule has 0 spiro atoms. The van der Waals surface area contributed by atoms with Crippen molar-refractivity contribution < 1.29 is 24.2 Å². The number of hydrogen-bond acceptors (Lipinski definition) is 6. The van der Waals surface area contributed by atoms with E-state index in [4.69, 9.17) is 9.47 Å². The van der Waals surface area contributed by atoms with Crippen molar-refractivity contribution in [1.82, 2.24) is 4.90 Å². The Bertz CT molecular complexity index is 547. The van der Waals surface area contributed by atoms with Gasteiger partial charge in [0.2, 0.25) is 5.91 Å². The summed E-state index contributed by atoms with van der Waals surface area (Å²) in [5, 5.41) is 12.5. The lowest BCUT2D eigenvalue weighted by atomic mass is 10.2. The van der Waals surface area contributed by atoms with E-state index >= 15 is 0 Å². The largest absolute Gasteiger partial charge is 0.507 e. The Balaban J connectivity index is 0.00000264. The van der Waals surface area contributed by atoms with Crippen LogP contribution >= 0.6 is 12.4 Å². The molecule has 2 N–H and O–H groups in total. The van der Waals surface area contributed by atoms with Crippen LogP contribution in [-0.2, 0) is 14.3 Å². The van der Waals surface area contributed by atoms with E-state index in [0.717, 1.165) is 13.1 Å². The van der Waals surface area contributed by atoms with Crippen molar-refractivity contribution in [2.45, 2.75) is 6.92 Å². The molecule has 128 valence electrons. The summed E-state index contributed by atoms with van der Waals surface area (Å²) < 4.78 is 10.0. The van der Waals surface area contributed by atoms with Gasteiger partial charge in [-0.3, -0.25) is 9.69 Å². The van der Waals surface area contributed by atoms with Gasteiger partial charge in [0.15, 0.2) is 0 Å². The van der Waals surface area contributed by atoms with E-state index in [1.54, 1.807) is 13.0 Å². The minimum absolute atomic E-state index is 0. The first kappa shape index (κ1) is 19.2. The highest BCUT2D eigenvalue weighted by molar-refractivity contribution is 5.95. The number of nitrogens with one attached hydrogen (secondary N) is 1. The minimum atomic E-state index is -0.591. The number of aromatic hydroxyl groups is 1. The summed E-state index contributed by atoms with van der Waals surface area (Å²) >= 11 is 0. The maximum atomic E-state index is 11.9. The molecule has 0 atom stereocenters. The first-order valence-corrected chi connectivity index (χ1v) is 7.20. The maximum Gasteiger partial charge on any atom is 0.341 e. The van der Waals surface area contributed by atoms with Gasteiger partial charge in [-0.15, -0.1) is 12.4 Å². The second-order valence-corrected chi connectivity index (χ2v) is 4.89. The van der Waals surface area contributed by atoms with Crippen LogP contribution in [0, 0.1) is 0 Å². The van der Waals surface area contributed by atoms with Gasteiger partial charge in [-0.25, -0.2) is 4.79 Å². The molecular weight excluding hydrogens is 324 g/mol. The second kappa shape index (κ2) is 9.34. The summed E-state index contributed by atoms with van der Waals surface area (Å²) in [4.78, 5) is 25.5. The molecule has 1 heterocycles. The van der Waals surface area contributed by atoms with Crippen LogP contribution in [0.3, 0.4) is 0 Å². The van der Waals surface area contributed by atoms with Crippen molar-refractivity contribution in [1.29, 1.82) is 0 Å². The lowest BCUT2D eigenvalue weighted by Crippen LogP contribution is -2.41. The van der Waals surface area contributed by atoms with Gasteiger partial charge in [-0.2, -0.15) is 0 Å². The Kier molecular flexibility index (Phi) is 7.80. The van der Waals surface area contributed by atoms with E-state index in [0.29, 0.717) is 18.9 Å². The third-order valence-electron chi connectivity index (χ3n) is 3.25. The predicted molar refractivity (Wildman–Crippen MR) is 87.2 cm³/mol. The van der Waals surface area contributed by atoms with Gasteiger partial charge in [-0.05, 0) is 19.1 Å². The van der Waals surface area contributed by atoms with Crippen molar-refractivity contribution in [3.05, 3.63) is 23.8 Å². The number of carbonyl (C=O) groups is 2. The van der Waals surface area contributed by atoms with Crippen LogP contribution in [0.2, 0.25) is 0 Å². The van der Waals surface area contributed by atoms with Gasteiger partial charge < -0.3 is 19.9 Å². The Morgan fingerprint density at radius 1 is 1.35 bits per heavy atom. The van der Waals surface area contributed by atoms with Gasteiger partial charge in [0.25, 0.3) is 0 Å². The number of amides is 1. The van der Waals surface area contributed by atoms with Crippen LogP contribution in [0.4, 0.5) is 5.69 Å². The third-order valence-corrected chi connectivity index (χ3v) is 3.25. The molecule has 1 aliphatic rings. The molecule has 1 fully saturated rings. The highest BCUT2D eigenvalue weighted by Crippen LogP contribution is 2.22. The third kappa shape index (κ3) is 5.70. The second-order valence-electron chi connectivity index (χ2n) is 4.89. The number of hydrogen-bond donors (Lipinski definition) is 2. The van der Waals surface area contributed by atoms with Crippen molar-refractivity contribution in [2.75, 3.05) is 44.8 Å². The van der Waals surface area contributed by atoms with Gasteiger partial charge in [0, 0.05) is 24.8 Å². The van der Waals surface area contributed by atoms with E-state index < -0.39 is 5.97 Å². The lowest BCUT2D eigenvalue weighted by molar-refractivity contribution is -0.118. The summed E-state index contributed by atoms with van der Waals surface area (Å²) in [6.45, 7) is 4.89. The molecule has 7 nitrogen and oxygen atoms in total. The highest BCUT2D eigenvalue weighted by Gasteiger charge is 2.16. The van der Waals surface area contributed by atoms with Crippen LogP contribution in [0.5, 0.6) is 5.75 Å². The fourth-order valence-corrected chi connectivity index (χ4v) is 2.15. The molecule has 0 saturated carbocycles. The van der Waals surface area contributed by atoms with E-state index in [-0.39, 0.29) is 42.8 Å². The molecule has 0 aliphatic carbocycles. The number of nitrogens with zero attached hydrogens (tertiary/aromatic N) is 1. The number of rotatable bonds is 5. The van der Waals surface area contributed by atoms with Crippen LogP contribution in [0.15, 0.2) is 18.2 Å². The fourth-order valence-electron chi connectivity index (χ4n) is 2.15. The predicted octanol–water partition coefficient (Wildman–Crippen LogP) is 1.26. The molecule has 2 rings (SSSR count). The smallest absolute Gasteiger partial charge is 0.341 e. The molecule has 0 bridgehead atoms. The van der Waals surface area contributed by atoms with Crippen molar-refractivity contribution in [3.8, 4) is 5.75 Å². The van der Waals surface area contributed by atoms with E-state index in [1.807, 2.05) is 4.90 Å². The lowest BCUT2D eigenvalue weighted by Gasteiger charge is -2.25. The molecular formula is C15H21ClN2O5. The number of esters is 1. The molecule has 8 heteroatoms. The molecule has 1 aromatic carbocycles. The van der Waals surface area contributed by atoms with E-state index in [9.17, 15) is 14.7 Å². The van der Waals surface area contributed by atoms with E-state index in [1.165, 1.54) is 12.1 Å². The van der Waals surface area contributed by atoms with Gasteiger partial charge in [-0.1, -0.05) is 0 Å². The topological polar surface area (TPSA) is 88.1 Å². The molecule has 1 aliphatic heterocycles. The molecule has 1 saturated heterocycles. The van der Waals surface area contributed by atoms with Crippen molar-refractivity contribution in [2.24, 2.45) is 0 Å². The summed E-state index contributed by atoms with van der Waals surface area (Å²) in [5.41, 5.74) is 0.511. The molecule has 0 unspecified atom stereocenters. The quantitative estimate of drug-likeness (QED) is 0.782. The van der Waals surface area contributed by atoms with Gasteiger partial charge in [0.05, 0.1) is 26.4 Å². The van der Waals surface area contributed by atoms with Gasteiger partial charge >= 0.3 is 5.97 Å². The zero-order valence-corrected chi connectivity index (χ0v) is 13.7. The van der Waals surface area contributed by atoms with Crippen LogP contribution in [0.25, 0.3) is 0 Å². The zero-order valence-electron chi connectivity index (χ0n) is 12.9. The summed E-state index contributed by atoms with van der Waals surface area (Å²) in [6.07, 6.45) is 0. The molecule has 1 aromatic rings. The molecule has 1 amide bonds. The van der Waals surface area contributed by atoms with Gasteiger partial charge in [0.1, 0.15) is 11.3 Å². The molecule has 0 aromatic heterocycles. The molecule has 23 heavy (non-hydrogen) atoms. The Morgan fingerprint density at radius 3 is 2.65 bits per heavy atom. The number of ether oxygens (including phenoxy) is 2. The average Bonchev–Trinajstić information content (AvgIpc) is 2.48. The summed E-state index contributed by atoms with van der Waals surface area (Å²) in [6, 6.07) is 4.32. The molecule has 0 radical (unpaired) electrons. The minimum Gasteiger partial charge on any atom is -0.507 e. The van der Waals surface area contributed by atoms with Crippen LogP contribution < -0.4 is 5.32 Å². The van der Waals surface area contributed by atoms with Crippen molar-refractivity contribution >= 4 is 30.0 Å². The first-order chi connectivity index (χ1) is 10.6. The SMILES string of the molecule is CCOC(=O)c1ccc(NC(=O)CN2CCOCC2)cc1O.Cl. The number of phenolic OH excluding ortho intramolecular Hbond substituents is 1. The Hall–Kier alpha value is -1.83. The number of anilines is 1. The number of carbonyl (C=O) groups excluding carboxylic acids is 2. The van der Waals surface area contributed by atoms with Crippen LogP contribution in [-0.4, -0.2) is 61.3 Å². The summed E-state index contributed by atoms with van der Waals surface area (Å²) in [5.74, 6) is -0.987. The monoisotopic (exact) mass is 344 g/mol. The van der Waals surface area contributed by atoms with Crippen LogP contribution in [0.1, 0.15) is 17.3 Å². The standard InChI is InChI=1S/C15H20N2O5.ClH/c1-2-22-15(20)12-4-3-11(9-13(12)18)16-14(19)10-17-5-7-21-8-6-17;/h3-4,9,18H,2,5-8,10H2,1H3,(H,16,19);1H. The fraction of sp³-hybridized carbons (Fsp3) is 0.467.